The highest BCUT2D eigenvalue weighted by Crippen LogP contribution is 2.25. The first-order chi connectivity index (χ1) is 8.11. The minimum atomic E-state index is 0.0188. The van der Waals surface area contributed by atoms with E-state index in [0.29, 0.717) is 12.4 Å². The maximum Gasteiger partial charge on any atom is 0.122 e. The van der Waals surface area contributed by atoms with E-state index < -0.39 is 0 Å². The van der Waals surface area contributed by atoms with Gasteiger partial charge in [0.25, 0.3) is 0 Å². The highest BCUT2D eigenvalue weighted by atomic mass is 35.5. The number of aromatic nitrogens is 2. The molecule has 0 aliphatic carbocycles. The second-order valence-corrected chi connectivity index (χ2v) is 4.27. The first-order valence-corrected chi connectivity index (χ1v) is 5.70. The molecule has 1 heterocycles. The topological polar surface area (TPSA) is 64.1 Å². The van der Waals surface area contributed by atoms with Crippen LogP contribution in [0.2, 0.25) is 5.02 Å². The molecule has 1 aromatic heterocycles. The number of aryl methyl sites for hydroxylation is 1. The molecule has 0 spiro atoms. The van der Waals surface area contributed by atoms with Gasteiger partial charge in [-0.25, -0.2) is 4.68 Å². The lowest BCUT2D eigenvalue weighted by molar-refractivity contribution is 0.270. The van der Waals surface area contributed by atoms with E-state index in [9.17, 15) is 0 Å². The van der Waals surface area contributed by atoms with Gasteiger partial charge in [0.15, 0.2) is 0 Å². The number of aliphatic hydroxyl groups is 1. The lowest BCUT2D eigenvalue weighted by atomic mass is 10.1. The molecule has 3 N–H and O–H groups in total. The zero-order valence-corrected chi connectivity index (χ0v) is 10.3. The van der Waals surface area contributed by atoms with Crippen molar-refractivity contribution in [3.05, 3.63) is 34.9 Å². The molecule has 0 aliphatic heterocycles. The Labute approximate surface area is 105 Å². The van der Waals surface area contributed by atoms with Crippen molar-refractivity contribution >= 4 is 17.4 Å². The molecule has 0 atom stereocenters. The molecule has 90 valence electrons. The van der Waals surface area contributed by atoms with Gasteiger partial charge in [-0.1, -0.05) is 17.7 Å². The lowest BCUT2D eigenvalue weighted by Gasteiger charge is -2.01. The van der Waals surface area contributed by atoms with Crippen molar-refractivity contribution in [2.75, 3.05) is 12.3 Å². The largest absolute Gasteiger partial charge is 0.394 e. The van der Waals surface area contributed by atoms with Gasteiger partial charge in [-0.15, -0.1) is 0 Å². The molecule has 5 heteroatoms. The third kappa shape index (κ3) is 2.43. The van der Waals surface area contributed by atoms with Gasteiger partial charge in [-0.05, 0) is 24.6 Å². The van der Waals surface area contributed by atoms with Crippen LogP contribution in [0.3, 0.4) is 0 Å². The van der Waals surface area contributed by atoms with Crippen LogP contribution in [0.5, 0.6) is 0 Å². The SMILES string of the molecule is Cc1cc(-c2cc(N)n(CCO)n2)ccc1Cl. The van der Waals surface area contributed by atoms with Crippen molar-refractivity contribution in [1.82, 2.24) is 9.78 Å². The Morgan fingerprint density at radius 1 is 1.41 bits per heavy atom. The minimum Gasteiger partial charge on any atom is -0.394 e. The van der Waals surface area contributed by atoms with Gasteiger partial charge in [0.05, 0.1) is 18.8 Å². The standard InChI is InChI=1S/C12H14ClN3O/c1-8-6-9(2-3-10(8)13)11-7-12(14)16(15-11)4-5-17/h2-3,6-7,17H,4-5,14H2,1H3. The maximum atomic E-state index is 8.87. The summed E-state index contributed by atoms with van der Waals surface area (Å²) >= 11 is 5.97. The van der Waals surface area contributed by atoms with E-state index in [4.69, 9.17) is 22.4 Å². The maximum absolute atomic E-state index is 8.87. The monoisotopic (exact) mass is 251 g/mol. The second kappa shape index (κ2) is 4.77. The Kier molecular flexibility index (Phi) is 3.36. The van der Waals surface area contributed by atoms with Crippen molar-refractivity contribution in [2.45, 2.75) is 13.5 Å². The van der Waals surface area contributed by atoms with Gasteiger partial charge in [-0.2, -0.15) is 5.10 Å². The van der Waals surface area contributed by atoms with Gasteiger partial charge in [0, 0.05) is 16.7 Å². The Balaban J connectivity index is 2.39. The number of anilines is 1. The van der Waals surface area contributed by atoms with Crippen LogP contribution in [-0.2, 0) is 6.54 Å². The van der Waals surface area contributed by atoms with Crippen LogP contribution in [0.1, 0.15) is 5.56 Å². The number of nitrogens with two attached hydrogens (primary N) is 1. The van der Waals surface area contributed by atoms with Crippen molar-refractivity contribution in [3.63, 3.8) is 0 Å². The van der Waals surface area contributed by atoms with Crippen LogP contribution in [0, 0.1) is 6.92 Å². The zero-order valence-electron chi connectivity index (χ0n) is 9.52. The number of benzene rings is 1. The average molecular weight is 252 g/mol. The molecule has 17 heavy (non-hydrogen) atoms. The van der Waals surface area contributed by atoms with Gasteiger partial charge in [-0.3, -0.25) is 0 Å². The molecule has 0 bridgehead atoms. The average Bonchev–Trinajstić information content (AvgIpc) is 2.65. The fraction of sp³-hybridized carbons (Fsp3) is 0.250. The Bertz CT molecular complexity index is 537. The third-order valence-corrected chi connectivity index (χ3v) is 3.00. The summed E-state index contributed by atoms with van der Waals surface area (Å²) in [4.78, 5) is 0. The highest BCUT2D eigenvalue weighted by molar-refractivity contribution is 6.31. The number of hydrogen-bond donors (Lipinski definition) is 2. The summed E-state index contributed by atoms with van der Waals surface area (Å²) in [6, 6.07) is 7.50. The van der Waals surface area contributed by atoms with Crippen LogP contribution in [-0.4, -0.2) is 21.5 Å². The van der Waals surface area contributed by atoms with E-state index in [2.05, 4.69) is 5.10 Å². The zero-order chi connectivity index (χ0) is 12.4. The van der Waals surface area contributed by atoms with Gasteiger partial charge < -0.3 is 10.8 Å². The first-order valence-electron chi connectivity index (χ1n) is 5.32. The van der Waals surface area contributed by atoms with Crippen LogP contribution < -0.4 is 5.73 Å². The number of hydrogen-bond acceptors (Lipinski definition) is 3. The van der Waals surface area contributed by atoms with Crippen LogP contribution in [0.25, 0.3) is 11.3 Å². The number of halogens is 1. The molecular weight excluding hydrogens is 238 g/mol. The molecule has 0 aliphatic rings. The summed E-state index contributed by atoms with van der Waals surface area (Å²) in [6.45, 7) is 2.36. The van der Waals surface area contributed by atoms with Crippen molar-refractivity contribution in [3.8, 4) is 11.3 Å². The quantitative estimate of drug-likeness (QED) is 0.878. The molecular formula is C12H14ClN3O. The molecule has 0 fully saturated rings. The summed E-state index contributed by atoms with van der Waals surface area (Å²) in [7, 11) is 0. The molecule has 1 aromatic carbocycles. The predicted molar refractivity (Wildman–Crippen MR) is 68.9 cm³/mol. The Morgan fingerprint density at radius 3 is 2.82 bits per heavy atom. The van der Waals surface area contributed by atoms with E-state index >= 15 is 0 Å². The van der Waals surface area contributed by atoms with Crippen LogP contribution in [0.15, 0.2) is 24.3 Å². The van der Waals surface area contributed by atoms with Gasteiger partial charge in [0.1, 0.15) is 5.82 Å². The third-order valence-electron chi connectivity index (χ3n) is 2.58. The highest BCUT2D eigenvalue weighted by Gasteiger charge is 2.07. The number of rotatable bonds is 3. The number of aliphatic hydroxyl groups excluding tert-OH is 1. The number of nitrogens with zero attached hydrogens (tertiary/aromatic N) is 2. The van der Waals surface area contributed by atoms with Crippen molar-refractivity contribution < 1.29 is 5.11 Å². The lowest BCUT2D eigenvalue weighted by Crippen LogP contribution is -2.07. The van der Waals surface area contributed by atoms with Crippen molar-refractivity contribution in [2.24, 2.45) is 0 Å². The number of nitrogen functional groups attached to an aromatic ring is 1. The first kappa shape index (κ1) is 12.0. The van der Waals surface area contributed by atoms with E-state index in [0.717, 1.165) is 21.8 Å². The van der Waals surface area contributed by atoms with Gasteiger partial charge in [0.2, 0.25) is 0 Å². The molecule has 2 aromatic rings. The minimum absolute atomic E-state index is 0.0188. The molecule has 0 radical (unpaired) electrons. The summed E-state index contributed by atoms with van der Waals surface area (Å²) in [5.74, 6) is 0.543. The summed E-state index contributed by atoms with van der Waals surface area (Å²) in [5.41, 5.74) is 8.55. The van der Waals surface area contributed by atoms with E-state index in [1.54, 1.807) is 10.7 Å². The smallest absolute Gasteiger partial charge is 0.122 e. The molecule has 2 rings (SSSR count). The molecule has 0 saturated carbocycles. The Morgan fingerprint density at radius 2 is 2.18 bits per heavy atom. The molecule has 0 amide bonds. The molecule has 0 saturated heterocycles. The fourth-order valence-corrected chi connectivity index (χ4v) is 1.77. The summed E-state index contributed by atoms with van der Waals surface area (Å²) in [5, 5.41) is 13.9. The van der Waals surface area contributed by atoms with Crippen LogP contribution >= 0.6 is 11.6 Å². The summed E-state index contributed by atoms with van der Waals surface area (Å²) in [6.07, 6.45) is 0. The van der Waals surface area contributed by atoms with E-state index in [1.807, 2.05) is 25.1 Å². The van der Waals surface area contributed by atoms with Crippen molar-refractivity contribution in [1.29, 1.82) is 0 Å². The van der Waals surface area contributed by atoms with E-state index in [1.165, 1.54) is 0 Å². The summed E-state index contributed by atoms with van der Waals surface area (Å²) < 4.78 is 1.58. The fourth-order valence-electron chi connectivity index (χ4n) is 1.65. The second-order valence-electron chi connectivity index (χ2n) is 3.87. The Hall–Kier alpha value is -1.52. The predicted octanol–water partition coefficient (Wildman–Crippen LogP) is 2.09. The molecule has 0 unspecified atom stereocenters. The van der Waals surface area contributed by atoms with Crippen LogP contribution in [0.4, 0.5) is 5.82 Å². The molecule has 4 nitrogen and oxygen atoms in total. The normalized spacial score (nSPS) is 10.8. The van der Waals surface area contributed by atoms with Gasteiger partial charge >= 0.3 is 0 Å². The van der Waals surface area contributed by atoms with E-state index in [-0.39, 0.29) is 6.61 Å².